The standard InChI is InChI=1S/C29H26FNO4/c1-4-10-22-25(23-13-8-9-18-31(23)27(22)20-11-6-5-7-12-20)24(19-14-16-21(30)17-15-19)26(28(32)34-2)29(33)35-3/h4-9,11-18,24,26H,1,10H2,2-3H3. The van der Waals surface area contributed by atoms with Gasteiger partial charge in [0.15, 0.2) is 5.92 Å². The van der Waals surface area contributed by atoms with E-state index in [0.717, 1.165) is 27.9 Å². The molecule has 0 aliphatic heterocycles. The largest absolute Gasteiger partial charge is 0.468 e. The maximum atomic E-state index is 13.9. The number of ether oxygens (including phenoxy) is 2. The topological polar surface area (TPSA) is 57.0 Å². The lowest BCUT2D eigenvalue weighted by molar-refractivity contribution is -0.159. The van der Waals surface area contributed by atoms with Crippen LogP contribution in [0.2, 0.25) is 0 Å². The fraction of sp³-hybridized carbons (Fsp3) is 0.172. The molecule has 0 fully saturated rings. The first-order valence-electron chi connectivity index (χ1n) is 11.2. The minimum absolute atomic E-state index is 0.418. The number of hydrogen-bond acceptors (Lipinski definition) is 4. The van der Waals surface area contributed by atoms with Gasteiger partial charge in [-0.25, -0.2) is 4.39 Å². The van der Waals surface area contributed by atoms with Crippen LogP contribution in [0, 0.1) is 11.7 Å². The molecular formula is C29H26FNO4. The molecule has 2 aromatic carbocycles. The number of benzene rings is 2. The van der Waals surface area contributed by atoms with Crippen molar-refractivity contribution >= 4 is 17.5 Å². The summed E-state index contributed by atoms with van der Waals surface area (Å²) in [7, 11) is 2.47. The van der Waals surface area contributed by atoms with Gasteiger partial charge in [-0.05, 0) is 52.9 Å². The lowest BCUT2D eigenvalue weighted by Gasteiger charge is -2.25. The van der Waals surface area contributed by atoms with Gasteiger partial charge in [0, 0.05) is 17.6 Å². The van der Waals surface area contributed by atoms with E-state index in [1.807, 2.05) is 59.1 Å². The number of esters is 2. The Bertz CT molecular complexity index is 1340. The van der Waals surface area contributed by atoms with Gasteiger partial charge in [0.25, 0.3) is 0 Å². The third kappa shape index (κ3) is 4.47. The highest BCUT2D eigenvalue weighted by Gasteiger charge is 2.41. The maximum Gasteiger partial charge on any atom is 0.321 e. The summed E-state index contributed by atoms with van der Waals surface area (Å²) in [6.07, 6.45) is 4.21. The van der Waals surface area contributed by atoms with E-state index in [2.05, 4.69) is 6.58 Å². The Morgan fingerprint density at radius 1 is 0.943 bits per heavy atom. The van der Waals surface area contributed by atoms with E-state index in [0.29, 0.717) is 12.0 Å². The van der Waals surface area contributed by atoms with Gasteiger partial charge in [0.05, 0.1) is 19.9 Å². The molecule has 0 spiro atoms. The van der Waals surface area contributed by atoms with Crippen LogP contribution in [0.15, 0.2) is 91.6 Å². The maximum absolute atomic E-state index is 13.9. The second-order valence-corrected chi connectivity index (χ2v) is 8.11. The highest BCUT2D eigenvalue weighted by molar-refractivity contribution is 5.97. The lowest BCUT2D eigenvalue weighted by atomic mass is 9.78. The number of fused-ring (bicyclic) bond motifs is 1. The first-order valence-corrected chi connectivity index (χ1v) is 11.2. The van der Waals surface area contributed by atoms with Crippen LogP contribution in [0.25, 0.3) is 16.8 Å². The van der Waals surface area contributed by atoms with Crippen molar-refractivity contribution in [3.05, 3.63) is 114 Å². The molecule has 0 amide bonds. The third-order valence-electron chi connectivity index (χ3n) is 6.17. The van der Waals surface area contributed by atoms with Crippen molar-refractivity contribution < 1.29 is 23.5 Å². The molecule has 0 saturated heterocycles. The summed E-state index contributed by atoms with van der Waals surface area (Å²) in [6, 6.07) is 21.5. The predicted molar refractivity (Wildman–Crippen MR) is 132 cm³/mol. The van der Waals surface area contributed by atoms with Gasteiger partial charge >= 0.3 is 11.9 Å². The molecule has 2 heterocycles. The smallest absolute Gasteiger partial charge is 0.321 e. The van der Waals surface area contributed by atoms with Crippen LogP contribution in [0.5, 0.6) is 0 Å². The Labute approximate surface area is 203 Å². The van der Waals surface area contributed by atoms with Crippen molar-refractivity contribution in [3.63, 3.8) is 0 Å². The number of halogens is 1. The van der Waals surface area contributed by atoms with Gasteiger partial charge in [-0.3, -0.25) is 9.59 Å². The van der Waals surface area contributed by atoms with Gasteiger partial charge in [-0.15, -0.1) is 6.58 Å². The van der Waals surface area contributed by atoms with Gasteiger partial charge < -0.3 is 13.9 Å². The number of nitrogens with zero attached hydrogens (tertiary/aromatic N) is 1. The first kappa shape index (κ1) is 24.0. The summed E-state index contributed by atoms with van der Waals surface area (Å²) in [5.74, 6) is -3.97. The van der Waals surface area contributed by atoms with Gasteiger partial charge in [-0.1, -0.05) is 54.6 Å². The Hall–Kier alpha value is -4.19. The van der Waals surface area contributed by atoms with Crippen molar-refractivity contribution in [1.29, 1.82) is 0 Å². The number of carbonyl (C=O) groups excluding carboxylic acids is 2. The average molecular weight is 472 g/mol. The number of pyridine rings is 1. The SMILES string of the molecule is C=CCc1c(C(c2ccc(F)cc2)C(C(=O)OC)C(=O)OC)c2ccccn2c1-c1ccccc1. The average Bonchev–Trinajstić information content (AvgIpc) is 3.21. The van der Waals surface area contributed by atoms with Crippen molar-refractivity contribution in [2.24, 2.45) is 5.92 Å². The molecule has 35 heavy (non-hydrogen) atoms. The molecule has 0 N–H and O–H groups in total. The Balaban J connectivity index is 2.13. The number of carbonyl (C=O) groups is 2. The molecule has 0 aliphatic rings. The molecule has 0 saturated carbocycles. The van der Waals surface area contributed by atoms with Crippen LogP contribution in [0.3, 0.4) is 0 Å². The number of rotatable bonds is 8. The van der Waals surface area contributed by atoms with Gasteiger partial charge in [-0.2, -0.15) is 0 Å². The molecule has 0 aliphatic carbocycles. The Kier molecular flexibility index (Phi) is 7.11. The summed E-state index contributed by atoms with van der Waals surface area (Å²) in [6.45, 7) is 3.95. The van der Waals surface area contributed by atoms with Crippen LogP contribution in [-0.4, -0.2) is 30.6 Å². The van der Waals surface area contributed by atoms with Crippen LogP contribution < -0.4 is 0 Å². The second-order valence-electron chi connectivity index (χ2n) is 8.11. The molecule has 4 aromatic rings. The summed E-state index contributed by atoms with van der Waals surface area (Å²) in [4.78, 5) is 26.1. The molecule has 1 atom stereocenters. The Morgan fingerprint density at radius 2 is 1.57 bits per heavy atom. The number of hydrogen-bond donors (Lipinski definition) is 0. The van der Waals surface area contributed by atoms with Crippen LogP contribution >= 0.6 is 0 Å². The first-order chi connectivity index (χ1) is 17.0. The zero-order chi connectivity index (χ0) is 24.9. The van der Waals surface area contributed by atoms with E-state index in [1.54, 1.807) is 18.2 Å². The van der Waals surface area contributed by atoms with E-state index in [9.17, 15) is 14.0 Å². The van der Waals surface area contributed by atoms with E-state index in [1.165, 1.54) is 26.4 Å². The van der Waals surface area contributed by atoms with E-state index < -0.39 is 29.6 Å². The summed E-state index contributed by atoms with van der Waals surface area (Å²) < 4.78 is 26.0. The van der Waals surface area contributed by atoms with Crippen LogP contribution in [0.1, 0.15) is 22.6 Å². The highest BCUT2D eigenvalue weighted by atomic mass is 19.1. The van der Waals surface area contributed by atoms with Crippen LogP contribution in [-0.2, 0) is 25.5 Å². The highest BCUT2D eigenvalue weighted by Crippen LogP contribution is 2.43. The Morgan fingerprint density at radius 3 is 2.17 bits per heavy atom. The molecule has 178 valence electrons. The molecule has 0 radical (unpaired) electrons. The minimum atomic E-state index is -1.30. The van der Waals surface area contributed by atoms with Gasteiger partial charge in [0.1, 0.15) is 5.82 Å². The number of aromatic nitrogens is 1. The monoisotopic (exact) mass is 471 g/mol. The van der Waals surface area contributed by atoms with Crippen molar-refractivity contribution in [1.82, 2.24) is 4.40 Å². The van der Waals surface area contributed by atoms with Crippen molar-refractivity contribution in [2.45, 2.75) is 12.3 Å². The number of allylic oxidation sites excluding steroid dienone is 1. The zero-order valence-corrected chi connectivity index (χ0v) is 19.6. The molecule has 6 heteroatoms. The van der Waals surface area contributed by atoms with Crippen LogP contribution in [0.4, 0.5) is 4.39 Å². The predicted octanol–water partition coefficient (Wildman–Crippen LogP) is 5.57. The fourth-order valence-corrected chi connectivity index (χ4v) is 4.71. The van der Waals surface area contributed by atoms with E-state index in [4.69, 9.17) is 9.47 Å². The molecule has 4 rings (SSSR count). The molecule has 0 bridgehead atoms. The van der Waals surface area contributed by atoms with E-state index in [-0.39, 0.29) is 0 Å². The lowest BCUT2D eigenvalue weighted by Crippen LogP contribution is -2.33. The zero-order valence-electron chi connectivity index (χ0n) is 19.6. The van der Waals surface area contributed by atoms with Gasteiger partial charge in [0.2, 0.25) is 0 Å². The second kappa shape index (κ2) is 10.4. The minimum Gasteiger partial charge on any atom is -0.468 e. The quantitative estimate of drug-likeness (QED) is 0.192. The third-order valence-corrected chi connectivity index (χ3v) is 6.17. The van der Waals surface area contributed by atoms with E-state index >= 15 is 0 Å². The molecule has 5 nitrogen and oxygen atoms in total. The summed E-state index contributed by atoms with van der Waals surface area (Å²) >= 11 is 0. The number of methoxy groups -OCH3 is 2. The summed E-state index contributed by atoms with van der Waals surface area (Å²) in [5.41, 5.74) is 4.98. The molecule has 1 unspecified atom stereocenters. The molecule has 2 aromatic heterocycles. The normalized spacial score (nSPS) is 11.9. The van der Waals surface area contributed by atoms with Crippen molar-refractivity contribution in [2.75, 3.05) is 14.2 Å². The fourth-order valence-electron chi connectivity index (χ4n) is 4.71. The molecular weight excluding hydrogens is 445 g/mol. The summed E-state index contributed by atoms with van der Waals surface area (Å²) in [5, 5.41) is 0. The van der Waals surface area contributed by atoms with Crippen molar-refractivity contribution in [3.8, 4) is 11.3 Å².